The van der Waals surface area contributed by atoms with Crippen molar-refractivity contribution in [1.29, 1.82) is 0 Å². The quantitative estimate of drug-likeness (QED) is 0.862. The number of nitrogens with zero attached hydrogens (tertiary/aromatic N) is 1. The monoisotopic (exact) mass is 267 g/mol. The highest BCUT2D eigenvalue weighted by Gasteiger charge is 2.41. The SMILES string of the molecule is CCCC1(CNC(=O)c2cc(N)ncc2Cl)CC1. The van der Waals surface area contributed by atoms with E-state index in [1.54, 1.807) is 0 Å². The molecule has 1 fully saturated rings. The maximum Gasteiger partial charge on any atom is 0.253 e. The summed E-state index contributed by atoms with van der Waals surface area (Å²) in [6.45, 7) is 2.89. The number of anilines is 1. The second-order valence-electron chi connectivity index (χ2n) is 5.02. The zero-order chi connectivity index (χ0) is 13.2. The summed E-state index contributed by atoms with van der Waals surface area (Å²) in [7, 11) is 0. The van der Waals surface area contributed by atoms with Gasteiger partial charge in [-0.05, 0) is 30.7 Å². The Kier molecular flexibility index (Phi) is 3.76. The molecule has 1 aromatic rings. The van der Waals surface area contributed by atoms with Gasteiger partial charge >= 0.3 is 0 Å². The zero-order valence-corrected chi connectivity index (χ0v) is 11.3. The number of nitrogen functional groups attached to an aromatic ring is 1. The Balaban J connectivity index is 1.98. The lowest BCUT2D eigenvalue weighted by Crippen LogP contribution is -2.30. The van der Waals surface area contributed by atoms with Crippen molar-refractivity contribution in [2.75, 3.05) is 12.3 Å². The van der Waals surface area contributed by atoms with E-state index in [9.17, 15) is 4.79 Å². The van der Waals surface area contributed by atoms with E-state index in [0.29, 0.717) is 21.8 Å². The molecule has 0 spiro atoms. The number of amides is 1. The van der Waals surface area contributed by atoms with Crippen molar-refractivity contribution in [3.05, 3.63) is 22.8 Å². The second-order valence-corrected chi connectivity index (χ2v) is 5.43. The minimum Gasteiger partial charge on any atom is -0.384 e. The fraction of sp³-hybridized carbons (Fsp3) is 0.538. The summed E-state index contributed by atoms with van der Waals surface area (Å²) in [4.78, 5) is 15.9. The van der Waals surface area contributed by atoms with Crippen LogP contribution < -0.4 is 11.1 Å². The van der Waals surface area contributed by atoms with Crippen molar-refractivity contribution in [2.45, 2.75) is 32.6 Å². The maximum absolute atomic E-state index is 12.0. The molecule has 2 rings (SSSR count). The van der Waals surface area contributed by atoms with Gasteiger partial charge in [-0.2, -0.15) is 0 Å². The normalized spacial score (nSPS) is 16.3. The van der Waals surface area contributed by atoms with Crippen molar-refractivity contribution in [2.24, 2.45) is 5.41 Å². The molecule has 0 atom stereocenters. The molecule has 1 aliphatic rings. The van der Waals surface area contributed by atoms with E-state index in [2.05, 4.69) is 17.2 Å². The first kappa shape index (κ1) is 13.1. The number of nitrogens with two attached hydrogens (primary N) is 1. The van der Waals surface area contributed by atoms with Gasteiger partial charge in [0.1, 0.15) is 5.82 Å². The highest BCUT2D eigenvalue weighted by atomic mass is 35.5. The number of nitrogens with one attached hydrogen (secondary N) is 1. The largest absolute Gasteiger partial charge is 0.384 e. The van der Waals surface area contributed by atoms with Gasteiger partial charge in [0.2, 0.25) is 0 Å². The third kappa shape index (κ3) is 2.93. The topological polar surface area (TPSA) is 68.0 Å². The van der Waals surface area contributed by atoms with E-state index < -0.39 is 0 Å². The van der Waals surface area contributed by atoms with Crippen LogP contribution in [0, 0.1) is 5.41 Å². The Labute approximate surface area is 112 Å². The number of hydrogen-bond acceptors (Lipinski definition) is 3. The van der Waals surface area contributed by atoms with E-state index in [0.717, 1.165) is 13.0 Å². The van der Waals surface area contributed by atoms with Gasteiger partial charge in [0.15, 0.2) is 0 Å². The van der Waals surface area contributed by atoms with Crippen molar-refractivity contribution >= 4 is 23.3 Å². The molecule has 5 heteroatoms. The molecule has 0 unspecified atom stereocenters. The first-order valence-electron chi connectivity index (χ1n) is 6.25. The summed E-state index contributed by atoms with van der Waals surface area (Å²) >= 11 is 5.94. The third-order valence-electron chi connectivity index (χ3n) is 3.48. The summed E-state index contributed by atoms with van der Waals surface area (Å²) in [6.07, 6.45) is 6.13. The van der Waals surface area contributed by atoms with Crippen LogP contribution in [0.3, 0.4) is 0 Å². The number of hydrogen-bond donors (Lipinski definition) is 2. The predicted octanol–water partition coefficient (Wildman–Crippen LogP) is 2.63. The van der Waals surface area contributed by atoms with Gasteiger partial charge in [0.05, 0.1) is 10.6 Å². The Morgan fingerprint density at radius 2 is 2.33 bits per heavy atom. The van der Waals surface area contributed by atoms with Crippen LogP contribution >= 0.6 is 11.6 Å². The molecule has 0 aromatic carbocycles. The molecule has 1 aliphatic carbocycles. The van der Waals surface area contributed by atoms with Gasteiger partial charge in [0.25, 0.3) is 5.91 Å². The maximum atomic E-state index is 12.0. The van der Waals surface area contributed by atoms with Crippen LogP contribution in [-0.4, -0.2) is 17.4 Å². The molecule has 1 amide bonds. The van der Waals surface area contributed by atoms with E-state index in [1.165, 1.54) is 31.5 Å². The summed E-state index contributed by atoms with van der Waals surface area (Å²) in [5, 5.41) is 3.28. The van der Waals surface area contributed by atoms with Gasteiger partial charge < -0.3 is 11.1 Å². The first-order chi connectivity index (χ1) is 8.56. The molecule has 1 heterocycles. The molecule has 1 saturated carbocycles. The van der Waals surface area contributed by atoms with Crippen LogP contribution in [0.2, 0.25) is 5.02 Å². The number of carbonyl (C=O) groups excluding carboxylic acids is 1. The van der Waals surface area contributed by atoms with E-state index in [4.69, 9.17) is 17.3 Å². The first-order valence-corrected chi connectivity index (χ1v) is 6.63. The minimum atomic E-state index is -0.170. The molecule has 0 bridgehead atoms. The fourth-order valence-electron chi connectivity index (χ4n) is 2.21. The van der Waals surface area contributed by atoms with Crippen molar-refractivity contribution < 1.29 is 4.79 Å². The minimum absolute atomic E-state index is 0.170. The Morgan fingerprint density at radius 1 is 1.61 bits per heavy atom. The Morgan fingerprint density at radius 3 is 2.94 bits per heavy atom. The molecule has 0 saturated heterocycles. The fourth-order valence-corrected chi connectivity index (χ4v) is 2.40. The molecular weight excluding hydrogens is 250 g/mol. The van der Waals surface area contributed by atoms with Crippen molar-refractivity contribution in [1.82, 2.24) is 10.3 Å². The van der Waals surface area contributed by atoms with Gasteiger partial charge in [-0.1, -0.05) is 24.9 Å². The highest BCUT2D eigenvalue weighted by Crippen LogP contribution is 2.48. The standard InChI is InChI=1S/C13H18ClN3O/c1-2-3-13(4-5-13)8-17-12(18)9-6-11(15)16-7-10(9)14/h6-7H,2-5,8H2,1H3,(H2,15,16)(H,17,18). The zero-order valence-electron chi connectivity index (χ0n) is 10.5. The summed E-state index contributed by atoms with van der Waals surface area (Å²) in [5.74, 6) is 0.135. The van der Waals surface area contributed by atoms with Crippen LogP contribution in [-0.2, 0) is 0 Å². The molecule has 0 radical (unpaired) electrons. The summed E-state index contributed by atoms with van der Waals surface area (Å²) in [5.41, 5.74) is 6.29. The molecule has 0 aliphatic heterocycles. The van der Waals surface area contributed by atoms with Gasteiger partial charge in [-0.3, -0.25) is 4.79 Å². The molecule has 18 heavy (non-hydrogen) atoms. The second kappa shape index (κ2) is 5.14. The number of pyridine rings is 1. The summed E-state index contributed by atoms with van der Waals surface area (Å²) < 4.78 is 0. The molecule has 98 valence electrons. The van der Waals surface area contributed by atoms with Crippen LogP contribution in [0.25, 0.3) is 0 Å². The predicted molar refractivity (Wildman–Crippen MR) is 72.6 cm³/mol. The lowest BCUT2D eigenvalue weighted by Gasteiger charge is -2.15. The average Bonchev–Trinajstić information content (AvgIpc) is 3.10. The summed E-state index contributed by atoms with van der Waals surface area (Å²) in [6, 6.07) is 1.51. The van der Waals surface area contributed by atoms with Crippen LogP contribution in [0.4, 0.5) is 5.82 Å². The van der Waals surface area contributed by atoms with Gasteiger partial charge in [-0.15, -0.1) is 0 Å². The van der Waals surface area contributed by atoms with Crippen LogP contribution in [0.15, 0.2) is 12.3 Å². The lowest BCUT2D eigenvalue weighted by atomic mass is 10.0. The number of aromatic nitrogens is 1. The van der Waals surface area contributed by atoms with E-state index >= 15 is 0 Å². The number of rotatable bonds is 5. The molecule has 3 N–H and O–H groups in total. The van der Waals surface area contributed by atoms with Crippen LogP contribution in [0.1, 0.15) is 43.0 Å². The van der Waals surface area contributed by atoms with Gasteiger partial charge in [-0.25, -0.2) is 4.98 Å². The number of carbonyl (C=O) groups is 1. The Hall–Kier alpha value is -1.29. The van der Waals surface area contributed by atoms with Crippen molar-refractivity contribution in [3.8, 4) is 0 Å². The smallest absolute Gasteiger partial charge is 0.253 e. The van der Waals surface area contributed by atoms with Crippen molar-refractivity contribution in [3.63, 3.8) is 0 Å². The Bertz CT molecular complexity index is 458. The highest BCUT2D eigenvalue weighted by molar-refractivity contribution is 6.33. The molecule has 4 nitrogen and oxygen atoms in total. The van der Waals surface area contributed by atoms with Gasteiger partial charge in [0, 0.05) is 12.7 Å². The lowest BCUT2D eigenvalue weighted by molar-refractivity contribution is 0.0944. The number of halogens is 1. The van der Waals surface area contributed by atoms with E-state index in [-0.39, 0.29) is 5.91 Å². The average molecular weight is 268 g/mol. The molecule has 1 aromatic heterocycles. The third-order valence-corrected chi connectivity index (χ3v) is 3.78. The molecular formula is C13H18ClN3O. The van der Waals surface area contributed by atoms with E-state index in [1.807, 2.05) is 0 Å². The van der Waals surface area contributed by atoms with Crippen LogP contribution in [0.5, 0.6) is 0 Å².